The molecule has 168 valence electrons. The molecule has 6 nitrogen and oxygen atoms in total. The summed E-state index contributed by atoms with van der Waals surface area (Å²) in [4.78, 5) is 11.4. The van der Waals surface area contributed by atoms with Gasteiger partial charge in [0.1, 0.15) is 0 Å². The van der Waals surface area contributed by atoms with Gasteiger partial charge in [-0.3, -0.25) is 9.35 Å². The molecule has 28 heavy (non-hydrogen) atoms. The fraction of sp³-hybridized carbons (Fsp3) is 0.952. The van der Waals surface area contributed by atoms with Crippen molar-refractivity contribution in [1.29, 1.82) is 0 Å². The van der Waals surface area contributed by atoms with Gasteiger partial charge in [0, 0.05) is 6.42 Å². The highest BCUT2D eigenvalue weighted by Crippen LogP contribution is 2.18. The molecule has 0 amide bonds. The first-order valence-corrected chi connectivity index (χ1v) is 12.6. The third-order valence-electron chi connectivity index (χ3n) is 4.76. The van der Waals surface area contributed by atoms with Gasteiger partial charge in [-0.25, -0.2) is 4.18 Å². The van der Waals surface area contributed by atoms with Gasteiger partial charge in [-0.15, -0.1) is 0 Å². The number of unbranched alkanes of at least 4 members (excludes halogenated alkanes) is 10. The predicted molar refractivity (Wildman–Crippen MR) is 113 cm³/mol. The fourth-order valence-electron chi connectivity index (χ4n) is 3.20. The van der Waals surface area contributed by atoms with E-state index in [0.717, 1.165) is 51.4 Å². The van der Waals surface area contributed by atoms with Gasteiger partial charge in [-0.1, -0.05) is 84.5 Å². The van der Waals surface area contributed by atoms with E-state index in [0.29, 0.717) is 25.9 Å². The predicted octanol–water partition coefficient (Wildman–Crippen LogP) is 6.00. The molecule has 0 aromatic heterocycles. The molecule has 0 bridgehead atoms. The zero-order valence-electron chi connectivity index (χ0n) is 18.0. The summed E-state index contributed by atoms with van der Waals surface area (Å²) in [5.41, 5.74) is 0. The van der Waals surface area contributed by atoms with Crippen LogP contribution in [-0.2, 0) is 24.1 Å². The van der Waals surface area contributed by atoms with Crippen molar-refractivity contribution >= 4 is 16.4 Å². The second-order valence-electron chi connectivity index (χ2n) is 7.58. The number of ether oxygens (including phenoxy) is 1. The molecule has 0 saturated heterocycles. The molecule has 7 heteroatoms. The average Bonchev–Trinajstić information content (AvgIpc) is 2.63. The highest BCUT2D eigenvalue weighted by Gasteiger charge is 2.16. The Morgan fingerprint density at radius 3 is 1.79 bits per heavy atom. The van der Waals surface area contributed by atoms with Crippen LogP contribution >= 0.6 is 0 Å². The number of carbonyl (C=O) groups is 1. The van der Waals surface area contributed by atoms with Crippen LogP contribution in [0.15, 0.2) is 0 Å². The first-order valence-electron chi connectivity index (χ1n) is 11.2. The van der Waals surface area contributed by atoms with E-state index in [1.165, 1.54) is 32.1 Å². The third-order valence-corrected chi connectivity index (χ3v) is 5.28. The van der Waals surface area contributed by atoms with Crippen molar-refractivity contribution in [1.82, 2.24) is 0 Å². The Bertz CT molecular complexity index is 464. The SMILES string of the molecule is CCCCCCCCCC(CCCCCCCC(=O)OCCC)OS(=O)(=O)O. The molecule has 0 spiro atoms. The van der Waals surface area contributed by atoms with E-state index in [2.05, 4.69) is 6.92 Å². The van der Waals surface area contributed by atoms with Crippen LogP contribution in [0.1, 0.15) is 117 Å². The molecular formula is C21H42O6S. The van der Waals surface area contributed by atoms with Crippen LogP contribution in [0.5, 0.6) is 0 Å². The topological polar surface area (TPSA) is 89.9 Å². The van der Waals surface area contributed by atoms with Crippen LogP contribution in [0, 0.1) is 0 Å². The second kappa shape index (κ2) is 18.4. The Morgan fingerprint density at radius 1 is 0.786 bits per heavy atom. The Hall–Kier alpha value is -0.660. The van der Waals surface area contributed by atoms with Crippen LogP contribution in [0.4, 0.5) is 0 Å². The van der Waals surface area contributed by atoms with Gasteiger partial charge in [0.2, 0.25) is 0 Å². The van der Waals surface area contributed by atoms with E-state index < -0.39 is 16.5 Å². The number of carbonyl (C=O) groups excluding carboxylic acids is 1. The molecule has 0 heterocycles. The Morgan fingerprint density at radius 2 is 1.29 bits per heavy atom. The van der Waals surface area contributed by atoms with Gasteiger partial charge in [0.15, 0.2) is 0 Å². The molecule has 0 aromatic carbocycles. The van der Waals surface area contributed by atoms with Crippen molar-refractivity contribution < 1.29 is 26.7 Å². The number of hydrogen-bond acceptors (Lipinski definition) is 5. The third kappa shape index (κ3) is 20.1. The summed E-state index contributed by atoms with van der Waals surface area (Å²) in [6.45, 7) is 4.66. The summed E-state index contributed by atoms with van der Waals surface area (Å²) in [5.74, 6) is -0.127. The summed E-state index contributed by atoms with van der Waals surface area (Å²) < 4.78 is 41.0. The molecular weight excluding hydrogens is 380 g/mol. The van der Waals surface area contributed by atoms with Crippen molar-refractivity contribution in [2.75, 3.05) is 6.61 Å². The molecule has 1 atom stereocenters. The Labute approximate surface area is 172 Å². The molecule has 1 N–H and O–H groups in total. The van der Waals surface area contributed by atoms with Crippen molar-refractivity contribution in [3.05, 3.63) is 0 Å². The van der Waals surface area contributed by atoms with Crippen LogP contribution in [0.25, 0.3) is 0 Å². The largest absolute Gasteiger partial charge is 0.466 e. The lowest BCUT2D eigenvalue weighted by atomic mass is 10.0. The van der Waals surface area contributed by atoms with Crippen molar-refractivity contribution in [2.45, 2.75) is 123 Å². The molecule has 0 aliphatic carbocycles. The van der Waals surface area contributed by atoms with E-state index in [4.69, 9.17) is 13.5 Å². The minimum absolute atomic E-state index is 0.127. The lowest BCUT2D eigenvalue weighted by Crippen LogP contribution is -2.18. The van der Waals surface area contributed by atoms with E-state index in [1.54, 1.807) is 0 Å². The van der Waals surface area contributed by atoms with Crippen LogP contribution < -0.4 is 0 Å². The summed E-state index contributed by atoms with van der Waals surface area (Å²) >= 11 is 0. The number of hydrogen-bond donors (Lipinski definition) is 1. The van der Waals surface area contributed by atoms with Gasteiger partial charge in [0.05, 0.1) is 12.7 Å². The second-order valence-corrected chi connectivity index (χ2v) is 8.63. The lowest BCUT2D eigenvalue weighted by molar-refractivity contribution is -0.143. The minimum Gasteiger partial charge on any atom is -0.466 e. The molecule has 0 rings (SSSR count). The van der Waals surface area contributed by atoms with E-state index >= 15 is 0 Å². The maximum Gasteiger partial charge on any atom is 0.397 e. The summed E-state index contributed by atoms with van der Waals surface area (Å²) in [6.07, 6.45) is 14.9. The van der Waals surface area contributed by atoms with Crippen molar-refractivity contribution in [3.63, 3.8) is 0 Å². The molecule has 0 saturated carbocycles. The quantitative estimate of drug-likeness (QED) is 0.147. The van der Waals surface area contributed by atoms with Crippen LogP contribution in [-0.4, -0.2) is 31.7 Å². The smallest absolute Gasteiger partial charge is 0.397 e. The molecule has 0 fully saturated rings. The number of rotatable bonds is 20. The first-order chi connectivity index (χ1) is 13.4. The van der Waals surface area contributed by atoms with Gasteiger partial charge in [-0.2, -0.15) is 8.42 Å². The highest BCUT2D eigenvalue weighted by atomic mass is 32.3. The van der Waals surface area contributed by atoms with Crippen LogP contribution in [0.2, 0.25) is 0 Å². The minimum atomic E-state index is -4.40. The zero-order valence-corrected chi connectivity index (χ0v) is 18.8. The summed E-state index contributed by atoms with van der Waals surface area (Å²) in [6, 6.07) is 0. The maximum absolute atomic E-state index is 11.4. The first kappa shape index (κ1) is 27.3. The number of esters is 1. The summed E-state index contributed by atoms with van der Waals surface area (Å²) in [7, 11) is -4.40. The fourth-order valence-corrected chi connectivity index (χ4v) is 3.74. The van der Waals surface area contributed by atoms with E-state index in [-0.39, 0.29) is 5.97 Å². The lowest BCUT2D eigenvalue weighted by Gasteiger charge is -2.15. The zero-order chi connectivity index (χ0) is 21.1. The monoisotopic (exact) mass is 422 g/mol. The molecule has 0 aromatic rings. The van der Waals surface area contributed by atoms with Gasteiger partial charge < -0.3 is 4.74 Å². The normalized spacial score (nSPS) is 12.8. The average molecular weight is 423 g/mol. The molecule has 0 aliphatic rings. The van der Waals surface area contributed by atoms with Gasteiger partial charge in [0.25, 0.3) is 0 Å². The summed E-state index contributed by atoms with van der Waals surface area (Å²) in [5, 5.41) is 0. The van der Waals surface area contributed by atoms with E-state index in [1.807, 2.05) is 6.92 Å². The molecule has 0 radical (unpaired) electrons. The maximum atomic E-state index is 11.4. The van der Waals surface area contributed by atoms with Crippen molar-refractivity contribution in [2.24, 2.45) is 0 Å². The van der Waals surface area contributed by atoms with Gasteiger partial charge >= 0.3 is 16.4 Å². The van der Waals surface area contributed by atoms with E-state index in [9.17, 15) is 13.2 Å². The van der Waals surface area contributed by atoms with Crippen molar-refractivity contribution in [3.8, 4) is 0 Å². The van der Waals surface area contributed by atoms with Gasteiger partial charge in [-0.05, 0) is 25.7 Å². The molecule has 1 unspecified atom stereocenters. The Balaban J connectivity index is 3.83. The highest BCUT2D eigenvalue weighted by molar-refractivity contribution is 7.80. The Kier molecular flexibility index (Phi) is 17.9. The molecule has 0 aliphatic heterocycles. The standard InChI is InChI=1S/C21H42O6S/c1-3-5-6-7-8-10-13-16-20(27-28(23,24)25)17-14-11-9-12-15-18-21(22)26-19-4-2/h20H,3-19H2,1-2H3,(H,23,24,25). The van der Waals surface area contributed by atoms with Crippen LogP contribution in [0.3, 0.4) is 0 Å².